The van der Waals surface area contributed by atoms with Crippen LogP contribution < -0.4 is 5.73 Å². The lowest BCUT2D eigenvalue weighted by molar-refractivity contribution is -0.133. The summed E-state index contributed by atoms with van der Waals surface area (Å²) in [4.78, 5) is 14.0. The second-order valence-corrected chi connectivity index (χ2v) is 7.87. The van der Waals surface area contributed by atoms with E-state index in [1.165, 1.54) is 25.9 Å². The van der Waals surface area contributed by atoms with Gasteiger partial charge in [0.1, 0.15) is 4.75 Å². The number of hydrogen-bond donors (Lipinski definition) is 1. The molecule has 0 aromatic rings. The van der Waals surface area contributed by atoms with Crippen molar-refractivity contribution >= 4 is 33.0 Å². The molecule has 0 aromatic heterocycles. The van der Waals surface area contributed by atoms with Crippen LogP contribution in [0.3, 0.4) is 0 Å². The number of amides is 1. The molecule has 1 amide bonds. The van der Waals surface area contributed by atoms with Crippen molar-refractivity contribution in [3.8, 4) is 0 Å². The molecule has 8 heteroatoms. The summed E-state index contributed by atoms with van der Waals surface area (Å²) < 4.78 is 26.8. The standard InChI is InChI=1S/C11H22N2O4S2/c1-11(2,19(4,15)16)10(14)13(7-8-17-3)6-5-9(12)18/h5-8H2,1-4H3,(H2,12,18). The van der Waals surface area contributed by atoms with E-state index in [1.807, 2.05) is 0 Å². The van der Waals surface area contributed by atoms with Crippen molar-refractivity contribution in [1.29, 1.82) is 0 Å². The van der Waals surface area contributed by atoms with Gasteiger partial charge in [0.2, 0.25) is 5.91 Å². The van der Waals surface area contributed by atoms with Crippen molar-refractivity contribution in [2.24, 2.45) is 5.73 Å². The Morgan fingerprint density at radius 1 is 1.37 bits per heavy atom. The van der Waals surface area contributed by atoms with Gasteiger partial charge in [-0.15, -0.1) is 0 Å². The van der Waals surface area contributed by atoms with Gasteiger partial charge in [-0.2, -0.15) is 0 Å². The van der Waals surface area contributed by atoms with E-state index >= 15 is 0 Å². The lowest BCUT2D eigenvalue weighted by atomic mass is 10.1. The summed E-state index contributed by atoms with van der Waals surface area (Å²) >= 11 is 4.77. The lowest BCUT2D eigenvalue weighted by Gasteiger charge is -2.30. The second kappa shape index (κ2) is 7.16. The van der Waals surface area contributed by atoms with Crippen LogP contribution in [-0.4, -0.2) is 62.0 Å². The molecular weight excluding hydrogens is 288 g/mol. The molecule has 0 aliphatic rings. The van der Waals surface area contributed by atoms with Crippen LogP contribution in [-0.2, 0) is 19.4 Å². The Morgan fingerprint density at radius 2 is 1.89 bits per heavy atom. The summed E-state index contributed by atoms with van der Waals surface area (Å²) in [7, 11) is -1.99. The predicted octanol–water partition coefficient (Wildman–Crippen LogP) is -0.0392. The summed E-state index contributed by atoms with van der Waals surface area (Å²) in [6.45, 7) is 3.70. The Labute approximate surface area is 120 Å². The van der Waals surface area contributed by atoms with Gasteiger partial charge in [-0.25, -0.2) is 8.42 Å². The van der Waals surface area contributed by atoms with Gasteiger partial charge in [-0.3, -0.25) is 4.79 Å². The number of hydrogen-bond acceptors (Lipinski definition) is 5. The van der Waals surface area contributed by atoms with E-state index in [9.17, 15) is 13.2 Å². The average molecular weight is 310 g/mol. The van der Waals surface area contributed by atoms with E-state index in [1.54, 1.807) is 0 Å². The minimum atomic E-state index is -3.51. The Morgan fingerprint density at radius 3 is 2.26 bits per heavy atom. The topological polar surface area (TPSA) is 89.7 Å². The van der Waals surface area contributed by atoms with Gasteiger partial charge >= 0.3 is 0 Å². The first-order valence-electron chi connectivity index (χ1n) is 5.80. The van der Waals surface area contributed by atoms with E-state index in [4.69, 9.17) is 22.7 Å². The number of carbonyl (C=O) groups excluding carboxylic acids is 1. The summed E-state index contributed by atoms with van der Waals surface area (Å²) in [6.07, 6.45) is 1.40. The van der Waals surface area contributed by atoms with Gasteiger partial charge < -0.3 is 15.4 Å². The molecular formula is C11H22N2O4S2. The third kappa shape index (κ3) is 5.42. The van der Waals surface area contributed by atoms with Crippen LogP contribution >= 0.6 is 12.2 Å². The van der Waals surface area contributed by atoms with Crippen LogP contribution in [0.1, 0.15) is 20.3 Å². The molecule has 0 aliphatic heterocycles. The molecule has 19 heavy (non-hydrogen) atoms. The molecule has 0 aromatic carbocycles. The summed E-state index contributed by atoms with van der Waals surface area (Å²) in [5.74, 6) is -0.469. The van der Waals surface area contributed by atoms with Crippen molar-refractivity contribution < 1.29 is 17.9 Å². The lowest BCUT2D eigenvalue weighted by Crippen LogP contribution is -2.51. The number of thiocarbonyl (C=S) groups is 1. The van der Waals surface area contributed by atoms with Crippen molar-refractivity contribution in [3.05, 3.63) is 0 Å². The maximum Gasteiger partial charge on any atom is 0.243 e. The maximum atomic E-state index is 12.3. The van der Waals surface area contributed by atoms with Crippen molar-refractivity contribution in [2.45, 2.75) is 25.0 Å². The monoisotopic (exact) mass is 310 g/mol. The highest BCUT2D eigenvalue weighted by atomic mass is 32.2. The van der Waals surface area contributed by atoms with E-state index in [2.05, 4.69) is 0 Å². The molecule has 0 aliphatic carbocycles. The number of nitrogens with zero attached hydrogens (tertiary/aromatic N) is 1. The second-order valence-electron chi connectivity index (χ2n) is 4.78. The Kier molecular flexibility index (Phi) is 6.88. The van der Waals surface area contributed by atoms with Crippen molar-refractivity contribution in [3.63, 3.8) is 0 Å². The van der Waals surface area contributed by atoms with Gasteiger partial charge in [-0.05, 0) is 13.8 Å². The van der Waals surface area contributed by atoms with Gasteiger partial charge in [0, 0.05) is 32.9 Å². The fourth-order valence-electron chi connectivity index (χ4n) is 1.30. The molecule has 0 saturated carbocycles. The van der Waals surface area contributed by atoms with Crippen LogP contribution in [0.25, 0.3) is 0 Å². The van der Waals surface area contributed by atoms with Crippen LogP contribution in [0.2, 0.25) is 0 Å². The predicted molar refractivity (Wildman–Crippen MR) is 78.8 cm³/mol. The molecule has 0 rings (SSSR count). The highest BCUT2D eigenvalue weighted by molar-refractivity contribution is 7.92. The smallest absolute Gasteiger partial charge is 0.243 e. The molecule has 0 heterocycles. The molecule has 0 radical (unpaired) electrons. The molecule has 0 fully saturated rings. The van der Waals surface area contributed by atoms with E-state index in [-0.39, 0.29) is 11.5 Å². The quantitative estimate of drug-likeness (QED) is 0.633. The molecule has 0 unspecified atom stereocenters. The van der Waals surface area contributed by atoms with Crippen LogP contribution in [0.15, 0.2) is 0 Å². The average Bonchev–Trinajstić information content (AvgIpc) is 2.26. The van der Waals surface area contributed by atoms with Gasteiger partial charge in [0.05, 0.1) is 11.6 Å². The Bertz CT molecular complexity index is 432. The van der Waals surface area contributed by atoms with Crippen LogP contribution in [0, 0.1) is 0 Å². The van der Waals surface area contributed by atoms with Crippen molar-refractivity contribution in [1.82, 2.24) is 4.90 Å². The molecule has 6 nitrogen and oxygen atoms in total. The first-order chi connectivity index (χ1) is 8.54. The number of rotatable bonds is 8. The Hall–Kier alpha value is -0.730. The number of methoxy groups -OCH3 is 1. The zero-order valence-electron chi connectivity index (χ0n) is 11.8. The van der Waals surface area contributed by atoms with Crippen LogP contribution in [0.5, 0.6) is 0 Å². The first kappa shape index (κ1) is 18.3. The van der Waals surface area contributed by atoms with Gasteiger partial charge in [-0.1, -0.05) is 12.2 Å². The zero-order chi connectivity index (χ0) is 15.3. The third-order valence-corrected chi connectivity index (χ3v) is 5.16. The number of carbonyl (C=O) groups is 1. The molecule has 0 saturated heterocycles. The normalized spacial score (nSPS) is 12.2. The van der Waals surface area contributed by atoms with E-state index < -0.39 is 20.5 Å². The molecule has 0 spiro atoms. The number of ether oxygens (including phenoxy) is 1. The summed E-state index contributed by atoms with van der Waals surface area (Å²) in [5.41, 5.74) is 5.41. The van der Waals surface area contributed by atoms with Gasteiger partial charge in [0.15, 0.2) is 9.84 Å². The Balaban J connectivity index is 5.03. The minimum absolute atomic E-state index is 0.285. The zero-order valence-corrected chi connectivity index (χ0v) is 13.4. The number of nitrogens with two attached hydrogens (primary N) is 1. The highest BCUT2D eigenvalue weighted by Gasteiger charge is 2.41. The van der Waals surface area contributed by atoms with Crippen molar-refractivity contribution in [2.75, 3.05) is 33.1 Å². The fraction of sp³-hybridized carbons (Fsp3) is 0.818. The molecule has 0 atom stereocenters. The summed E-state index contributed by atoms with van der Waals surface area (Å²) in [5, 5.41) is 0. The van der Waals surface area contributed by atoms with E-state index in [0.29, 0.717) is 19.6 Å². The molecule has 0 bridgehead atoms. The largest absolute Gasteiger partial charge is 0.393 e. The minimum Gasteiger partial charge on any atom is -0.393 e. The van der Waals surface area contributed by atoms with E-state index in [0.717, 1.165) is 6.26 Å². The fourth-order valence-corrected chi connectivity index (χ4v) is 1.84. The SMILES string of the molecule is COCCN(CCC(N)=S)C(=O)C(C)(C)S(C)(=O)=O. The number of sulfone groups is 1. The summed E-state index contributed by atoms with van der Waals surface area (Å²) in [6, 6.07) is 0. The van der Waals surface area contributed by atoms with Gasteiger partial charge in [0.25, 0.3) is 0 Å². The molecule has 2 N–H and O–H groups in total. The third-order valence-electron chi connectivity index (χ3n) is 2.92. The first-order valence-corrected chi connectivity index (χ1v) is 8.10. The maximum absolute atomic E-state index is 12.3. The van der Waals surface area contributed by atoms with Crippen LogP contribution in [0.4, 0.5) is 0 Å². The molecule has 112 valence electrons. The highest BCUT2D eigenvalue weighted by Crippen LogP contribution is 2.18.